The molecule has 0 bridgehead atoms. The number of rotatable bonds is 12. The SMILES string of the molecule is Cc1c(CC(=O)c2cc(C3CC3)c(CN3CC[C@@H](O)C3)cn2)cccc1-c1cccc(NC(=O)c2cc(C3CC3)c(CN3CC[C@@H](O)C3)cn2)c1C. The quantitative estimate of drug-likeness (QED) is 0.147. The first-order chi connectivity index (χ1) is 25.2. The molecule has 8 rings (SSSR count). The third kappa shape index (κ3) is 7.60. The number of pyridine rings is 2. The summed E-state index contributed by atoms with van der Waals surface area (Å²) in [5, 5.41) is 23.1. The molecule has 1 amide bonds. The first-order valence-corrected chi connectivity index (χ1v) is 19.0. The molecule has 0 unspecified atom stereocenters. The molecule has 0 radical (unpaired) electrons. The maximum absolute atomic E-state index is 13.7. The van der Waals surface area contributed by atoms with Crippen LogP contribution >= 0.6 is 0 Å². The van der Waals surface area contributed by atoms with Crippen molar-refractivity contribution in [3.8, 4) is 11.1 Å². The number of Topliss-reactive ketones (excluding diaryl/α,β-unsaturated/α-hetero) is 1. The van der Waals surface area contributed by atoms with E-state index < -0.39 is 0 Å². The lowest BCUT2D eigenvalue weighted by molar-refractivity contribution is 0.0986. The molecule has 2 atom stereocenters. The predicted octanol–water partition coefficient (Wildman–Crippen LogP) is 6.33. The number of hydrogen-bond donors (Lipinski definition) is 3. The number of carbonyl (C=O) groups is 2. The second-order valence-electron chi connectivity index (χ2n) is 15.6. The Morgan fingerprint density at radius 2 is 1.25 bits per heavy atom. The number of benzene rings is 2. The van der Waals surface area contributed by atoms with E-state index in [4.69, 9.17) is 0 Å². The van der Waals surface area contributed by atoms with Gasteiger partial charge in [0.2, 0.25) is 0 Å². The van der Waals surface area contributed by atoms with Crippen molar-refractivity contribution < 1.29 is 19.8 Å². The fourth-order valence-corrected chi connectivity index (χ4v) is 8.16. The van der Waals surface area contributed by atoms with Gasteiger partial charge in [0.1, 0.15) is 11.4 Å². The molecule has 4 fully saturated rings. The van der Waals surface area contributed by atoms with Crippen molar-refractivity contribution in [1.29, 1.82) is 0 Å². The number of likely N-dealkylation sites (tertiary alicyclic amines) is 2. The molecule has 2 saturated carbocycles. The summed E-state index contributed by atoms with van der Waals surface area (Å²) in [5.41, 5.74) is 11.4. The molecule has 9 nitrogen and oxygen atoms in total. The van der Waals surface area contributed by atoms with E-state index in [2.05, 4.69) is 44.1 Å². The molecule has 2 aliphatic heterocycles. The number of aliphatic hydroxyl groups excluding tert-OH is 2. The van der Waals surface area contributed by atoms with Gasteiger partial charge in [0.25, 0.3) is 5.91 Å². The Labute approximate surface area is 306 Å². The molecule has 4 heterocycles. The fourth-order valence-electron chi connectivity index (χ4n) is 8.16. The average Bonchev–Trinajstić information content (AvgIpc) is 4.07. The number of carbonyl (C=O) groups excluding carboxylic acids is 2. The van der Waals surface area contributed by atoms with E-state index in [1.54, 1.807) is 0 Å². The van der Waals surface area contributed by atoms with Crippen molar-refractivity contribution in [3.05, 3.63) is 111 Å². The van der Waals surface area contributed by atoms with Gasteiger partial charge in [-0.25, -0.2) is 0 Å². The summed E-state index contributed by atoms with van der Waals surface area (Å²) in [5.74, 6) is 0.729. The number of amides is 1. The summed E-state index contributed by atoms with van der Waals surface area (Å²) in [6.45, 7) is 8.72. The van der Waals surface area contributed by atoms with Gasteiger partial charge in [-0.15, -0.1) is 0 Å². The van der Waals surface area contributed by atoms with E-state index in [1.165, 1.54) is 16.7 Å². The molecule has 3 N–H and O–H groups in total. The van der Waals surface area contributed by atoms with Gasteiger partial charge < -0.3 is 15.5 Å². The number of β-amino-alcohol motifs (C(OH)–C–C–N with tert-alkyl or cyclic N) is 2. The van der Waals surface area contributed by atoms with Crippen LogP contribution in [0.3, 0.4) is 0 Å². The standard InChI is InChI=1S/C43H49N5O4/c1-26-30(17-42(51)40-18-37(28-9-10-28)31(20-44-40)22-47-15-13-33(49)24-47)5-3-6-35(26)36-7-4-8-39(27(36)2)46-43(52)41-19-38(29-11-12-29)32(21-45-41)23-48-16-14-34(50)25-48/h3-8,18-21,28-29,33-34,49-50H,9-17,22-25H2,1-2H3,(H,46,52)/t33-,34-/m1/s1. The first kappa shape index (κ1) is 34.8. The number of anilines is 1. The van der Waals surface area contributed by atoms with E-state index in [0.717, 1.165) is 104 Å². The molecule has 9 heteroatoms. The molecule has 4 aliphatic rings. The van der Waals surface area contributed by atoms with Gasteiger partial charge in [-0.1, -0.05) is 30.3 Å². The monoisotopic (exact) mass is 699 g/mol. The Morgan fingerprint density at radius 3 is 1.81 bits per heavy atom. The summed E-state index contributed by atoms with van der Waals surface area (Å²) in [6, 6.07) is 16.0. The van der Waals surface area contributed by atoms with E-state index >= 15 is 0 Å². The highest BCUT2D eigenvalue weighted by Crippen LogP contribution is 2.43. The molecular formula is C43H49N5O4. The molecule has 2 saturated heterocycles. The summed E-state index contributed by atoms with van der Waals surface area (Å²) in [7, 11) is 0. The Hall–Kier alpha value is -4.28. The van der Waals surface area contributed by atoms with Crippen LogP contribution in [0.1, 0.15) is 110 Å². The van der Waals surface area contributed by atoms with Crippen molar-refractivity contribution in [1.82, 2.24) is 19.8 Å². The number of hydrogen-bond acceptors (Lipinski definition) is 8. The lowest BCUT2D eigenvalue weighted by Crippen LogP contribution is -2.23. The minimum Gasteiger partial charge on any atom is -0.392 e. The molecular weight excluding hydrogens is 651 g/mol. The van der Waals surface area contributed by atoms with Crippen LogP contribution in [0.2, 0.25) is 0 Å². The van der Waals surface area contributed by atoms with Gasteiger partial charge in [0.05, 0.1) is 12.2 Å². The lowest BCUT2D eigenvalue weighted by Gasteiger charge is -2.19. The van der Waals surface area contributed by atoms with Gasteiger partial charge >= 0.3 is 0 Å². The van der Waals surface area contributed by atoms with Gasteiger partial charge in [0, 0.05) is 63.8 Å². The van der Waals surface area contributed by atoms with Gasteiger partial charge in [0.15, 0.2) is 5.78 Å². The third-order valence-corrected chi connectivity index (χ3v) is 11.5. The first-order valence-electron chi connectivity index (χ1n) is 19.0. The number of aliphatic hydroxyl groups is 2. The van der Waals surface area contributed by atoms with E-state index in [9.17, 15) is 19.8 Å². The Morgan fingerprint density at radius 1 is 0.712 bits per heavy atom. The summed E-state index contributed by atoms with van der Waals surface area (Å²) in [6.07, 6.45) is 9.61. The number of aromatic nitrogens is 2. The number of nitrogens with zero attached hydrogens (tertiary/aromatic N) is 4. The van der Waals surface area contributed by atoms with Crippen LogP contribution in [0.15, 0.2) is 60.9 Å². The van der Waals surface area contributed by atoms with Crippen LogP contribution in [0, 0.1) is 13.8 Å². The Kier molecular flexibility index (Phi) is 9.78. The summed E-state index contributed by atoms with van der Waals surface area (Å²) in [4.78, 5) is 41.1. The maximum atomic E-state index is 13.7. The molecule has 2 aliphatic carbocycles. The number of nitrogens with one attached hydrogen (secondary N) is 1. The largest absolute Gasteiger partial charge is 0.392 e. The predicted molar refractivity (Wildman–Crippen MR) is 202 cm³/mol. The van der Waals surface area contributed by atoms with Crippen molar-refractivity contribution in [2.75, 3.05) is 31.5 Å². The topological polar surface area (TPSA) is 119 Å². The molecule has 52 heavy (non-hydrogen) atoms. The van der Waals surface area contributed by atoms with Crippen molar-refractivity contribution in [2.45, 2.75) is 95.9 Å². The average molecular weight is 700 g/mol. The van der Waals surface area contributed by atoms with Crippen LogP contribution < -0.4 is 5.32 Å². The van der Waals surface area contributed by atoms with Crippen LogP contribution in [-0.4, -0.2) is 80.1 Å². The molecule has 2 aromatic heterocycles. The zero-order chi connectivity index (χ0) is 35.9. The third-order valence-electron chi connectivity index (χ3n) is 11.5. The second-order valence-corrected chi connectivity index (χ2v) is 15.6. The van der Waals surface area contributed by atoms with Crippen LogP contribution in [0.25, 0.3) is 11.1 Å². The van der Waals surface area contributed by atoms with Gasteiger partial charge in [-0.2, -0.15) is 0 Å². The van der Waals surface area contributed by atoms with Crippen molar-refractivity contribution >= 4 is 17.4 Å². The molecule has 2 aromatic carbocycles. The zero-order valence-electron chi connectivity index (χ0n) is 30.3. The Balaban J connectivity index is 0.979. The van der Waals surface area contributed by atoms with Crippen molar-refractivity contribution in [2.24, 2.45) is 0 Å². The van der Waals surface area contributed by atoms with Crippen LogP contribution in [0.5, 0.6) is 0 Å². The Bertz CT molecular complexity index is 1860. The van der Waals surface area contributed by atoms with Crippen LogP contribution in [-0.2, 0) is 19.5 Å². The van der Waals surface area contributed by atoms with E-state index in [1.807, 2.05) is 55.7 Å². The van der Waals surface area contributed by atoms with Crippen LogP contribution in [0.4, 0.5) is 5.69 Å². The highest BCUT2D eigenvalue weighted by Gasteiger charge is 2.31. The van der Waals surface area contributed by atoms with E-state index in [-0.39, 0.29) is 30.3 Å². The molecule has 270 valence electrons. The fraction of sp³-hybridized carbons (Fsp3) is 0.442. The smallest absolute Gasteiger partial charge is 0.274 e. The second kappa shape index (κ2) is 14.6. The maximum Gasteiger partial charge on any atom is 0.274 e. The lowest BCUT2D eigenvalue weighted by atomic mass is 9.90. The zero-order valence-corrected chi connectivity index (χ0v) is 30.3. The molecule has 0 spiro atoms. The minimum atomic E-state index is -0.265. The number of ketones is 1. The normalized spacial score (nSPS) is 20.8. The molecule has 4 aromatic rings. The summed E-state index contributed by atoms with van der Waals surface area (Å²) < 4.78 is 0. The van der Waals surface area contributed by atoms with Gasteiger partial charge in [-0.05, 0) is 132 Å². The summed E-state index contributed by atoms with van der Waals surface area (Å²) >= 11 is 0. The van der Waals surface area contributed by atoms with E-state index in [0.29, 0.717) is 36.3 Å². The van der Waals surface area contributed by atoms with Crippen molar-refractivity contribution in [3.63, 3.8) is 0 Å². The van der Waals surface area contributed by atoms with Gasteiger partial charge in [-0.3, -0.25) is 29.4 Å². The minimum absolute atomic E-state index is 0.00476. The highest BCUT2D eigenvalue weighted by molar-refractivity contribution is 6.04. The highest BCUT2D eigenvalue weighted by atomic mass is 16.3.